The largest absolute Gasteiger partial charge is 0.497 e. The first-order chi connectivity index (χ1) is 8.76. The van der Waals surface area contributed by atoms with Crippen molar-refractivity contribution in [3.63, 3.8) is 0 Å². The van der Waals surface area contributed by atoms with E-state index in [0.29, 0.717) is 6.42 Å². The van der Waals surface area contributed by atoms with E-state index in [1.165, 1.54) is 5.56 Å². The van der Waals surface area contributed by atoms with Crippen LogP contribution >= 0.6 is 0 Å². The summed E-state index contributed by atoms with van der Waals surface area (Å²) in [6.07, 6.45) is 2.41. The van der Waals surface area contributed by atoms with Crippen LogP contribution in [0.4, 0.5) is 5.69 Å². The topological polar surface area (TPSA) is 41.6 Å². The molecule has 1 heterocycles. The van der Waals surface area contributed by atoms with E-state index in [0.717, 1.165) is 37.4 Å². The first-order valence-corrected chi connectivity index (χ1v) is 6.38. The van der Waals surface area contributed by atoms with Gasteiger partial charge in [0.25, 0.3) is 0 Å². The summed E-state index contributed by atoms with van der Waals surface area (Å²) >= 11 is 0. The maximum absolute atomic E-state index is 12.1. The van der Waals surface area contributed by atoms with Gasteiger partial charge in [-0.05, 0) is 50.2 Å². The Hall–Kier alpha value is -1.55. The maximum Gasteiger partial charge on any atom is 0.227 e. The first kappa shape index (κ1) is 12.9. The van der Waals surface area contributed by atoms with E-state index in [1.807, 2.05) is 30.1 Å². The molecule has 1 N–H and O–H groups in total. The minimum absolute atomic E-state index is 0.217. The highest BCUT2D eigenvalue weighted by Gasteiger charge is 2.24. The third-order valence-electron chi connectivity index (χ3n) is 3.30. The lowest BCUT2D eigenvalue weighted by Crippen LogP contribution is -2.29. The molecule has 1 aliphatic heterocycles. The Morgan fingerprint density at radius 1 is 1.50 bits per heavy atom. The summed E-state index contributed by atoms with van der Waals surface area (Å²) in [4.78, 5) is 14.0. The van der Waals surface area contributed by atoms with Gasteiger partial charge in [0.05, 0.1) is 7.11 Å². The zero-order valence-corrected chi connectivity index (χ0v) is 11.0. The zero-order chi connectivity index (χ0) is 13.0. The molecule has 18 heavy (non-hydrogen) atoms. The number of fused-ring (bicyclic) bond motifs is 1. The molecule has 0 radical (unpaired) electrons. The lowest BCUT2D eigenvalue weighted by Gasteiger charge is -2.17. The molecule has 2 rings (SSSR count). The molecule has 1 aromatic carbocycles. The quantitative estimate of drug-likeness (QED) is 0.804. The van der Waals surface area contributed by atoms with Crippen molar-refractivity contribution >= 4 is 11.6 Å². The number of hydrogen-bond acceptors (Lipinski definition) is 3. The summed E-state index contributed by atoms with van der Waals surface area (Å²) in [6.45, 7) is 1.68. The summed E-state index contributed by atoms with van der Waals surface area (Å²) in [5, 5.41) is 3.06. The van der Waals surface area contributed by atoms with Gasteiger partial charge in [0.2, 0.25) is 5.91 Å². The molecule has 0 saturated heterocycles. The van der Waals surface area contributed by atoms with E-state index in [2.05, 4.69) is 5.32 Å². The number of anilines is 1. The molecule has 4 heteroatoms. The van der Waals surface area contributed by atoms with Crippen LogP contribution in [-0.4, -0.2) is 33.2 Å². The fourth-order valence-electron chi connectivity index (χ4n) is 2.32. The van der Waals surface area contributed by atoms with E-state index in [1.54, 1.807) is 7.11 Å². The van der Waals surface area contributed by atoms with Crippen LogP contribution in [0.15, 0.2) is 18.2 Å². The predicted molar refractivity (Wildman–Crippen MR) is 72.2 cm³/mol. The lowest BCUT2D eigenvalue weighted by molar-refractivity contribution is -0.118. The molecule has 1 aliphatic rings. The van der Waals surface area contributed by atoms with Crippen molar-refractivity contribution in [2.24, 2.45) is 0 Å². The van der Waals surface area contributed by atoms with Crippen LogP contribution in [0.3, 0.4) is 0 Å². The van der Waals surface area contributed by atoms with Crippen LogP contribution in [0.1, 0.15) is 18.4 Å². The van der Waals surface area contributed by atoms with Crippen molar-refractivity contribution in [2.75, 3.05) is 32.1 Å². The zero-order valence-electron chi connectivity index (χ0n) is 11.0. The number of carbonyl (C=O) groups excluding carboxylic acids is 1. The Kier molecular flexibility index (Phi) is 4.20. The van der Waals surface area contributed by atoms with Crippen molar-refractivity contribution < 1.29 is 9.53 Å². The summed E-state index contributed by atoms with van der Waals surface area (Å²) in [5.74, 6) is 1.08. The molecule has 98 valence electrons. The summed E-state index contributed by atoms with van der Waals surface area (Å²) < 4.78 is 5.20. The van der Waals surface area contributed by atoms with Crippen LogP contribution in [0, 0.1) is 0 Å². The third kappa shape index (κ3) is 2.64. The van der Waals surface area contributed by atoms with Crippen molar-refractivity contribution in [2.45, 2.75) is 19.3 Å². The van der Waals surface area contributed by atoms with Gasteiger partial charge >= 0.3 is 0 Å². The second-order valence-corrected chi connectivity index (χ2v) is 4.50. The predicted octanol–water partition coefficient (Wildman–Crippen LogP) is 1.58. The van der Waals surface area contributed by atoms with Crippen LogP contribution in [0.5, 0.6) is 5.75 Å². The van der Waals surface area contributed by atoms with Gasteiger partial charge in [-0.3, -0.25) is 4.79 Å². The molecule has 0 aromatic heterocycles. The Morgan fingerprint density at radius 2 is 2.33 bits per heavy atom. The second-order valence-electron chi connectivity index (χ2n) is 4.50. The van der Waals surface area contributed by atoms with E-state index in [9.17, 15) is 4.79 Å². The summed E-state index contributed by atoms with van der Waals surface area (Å²) in [6, 6.07) is 5.92. The number of benzene rings is 1. The Bertz CT molecular complexity index is 432. The Morgan fingerprint density at radius 3 is 3.06 bits per heavy atom. The molecule has 0 atom stereocenters. The summed E-state index contributed by atoms with van der Waals surface area (Å²) in [7, 11) is 3.57. The molecule has 0 spiro atoms. The standard InChI is InChI=1S/C14H20N2O2/c1-15-8-3-4-14(17)16-9-7-11-10-12(18-2)5-6-13(11)16/h5-6,10,15H,3-4,7-9H2,1-2H3. The SMILES string of the molecule is CNCCCC(=O)N1CCc2cc(OC)ccc21. The van der Waals surface area contributed by atoms with E-state index in [-0.39, 0.29) is 5.91 Å². The van der Waals surface area contributed by atoms with Crippen LogP contribution in [0.25, 0.3) is 0 Å². The van der Waals surface area contributed by atoms with Gasteiger partial charge < -0.3 is 15.0 Å². The molecule has 1 amide bonds. The lowest BCUT2D eigenvalue weighted by atomic mass is 10.1. The smallest absolute Gasteiger partial charge is 0.227 e. The number of ether oxygens (including phenoxy) is 1. The molecule has 0 unspecified atom stereocenters. The number of methoxy groups -OCH3 is 1. The van der Waals surface area contributed by atoms with E-state index >= 15 is 0 Å². The van der Waals surface area contributed by atoms with Crippen molar-refractivity contribution in [3.8, 4) is 5.75 Å². The molecule has 0 saturated carbocycles. The van der Waals surface area contributed by atoms with Gasteiger partial charge in [-0.25, -0.2) is 0 Å². The number of amides is 1. The monoisotopic (exact) mass is 248 g/mol. The van der Waals surface area contributed by atoms with Crippen LogP contribution < -0.4 is 15.0 Å². The molecule has 1 aromatic rings. The Balaban J connectivity index is 2.04. The second kappa shape index (κ2) is 5.87. The minimum atomic E-state index is 0.217. The normalized spacial score (nSPS) is 13.6. The highest BCUT2D eigenvalue weighted by molar-refractivity contribution is 5.95. The Labute approximate surface area is 108 Å². The fraction of sp³-hybridized carbons (Fsp3) is 0.500. The van der Waals surface area contributed by atoms with E-state index < -0.39 is 0 Å². The van der Waals surface area contributed by atoms with Crippen molar-refractivity contribution in [3.05, 3.63) is 23.8 Å². The summed E-state index contributed by atoms with van der Waals surface area (Å²) in [5.41, 5.74) is 2.25. The van der Waals surface area contributed by atoms with E-state index in [4.69, 9.17) is 4.74 Å². The number of nitrogens with one attached hydrogen (secondary N) is 1. The van der Waals surface area contributed by atoms with Gasteiger partial charge in [-0.2, -0.15) is 0 Å². The maximum atomic E-state index is 12.1. The van der Waals surface area contributed by atoms with Gasteiger partial charge in [0.15, 0.2) is 0 Å². The van der Waals surface area contributed by atoms with Crippen molar-refractivity contribution in [1.29, 1.82) is 0 Å². The van der Waals surface area contributed by atoms with Crippen molar-refractivity contribution in [1.82, 2.24) is 5.32 Å². The average molecular weight is 248 g/mol. The van der Waals surface area contributed by atoms with Gasteiger partial charge in [-0.1, -0.05) is 0 Å². The number of rotatable bonds is 5. The third-order valence-corrected chi connectivity index (χ3v) is 3.30. The molecule has 0 aliphatic carbocycles. The molecular formula is C14H20N2O2. The molecular weight excluding hydrogens is 228 g/mol. The van der Waals surface area contributed by atoms with Gasteiger partial charge in [0, 0.05) is 18.7 Å². The highest BCUT2D eigenvalue weighted by Crippen LogP contribution is 2.31. The first-order valence-electron chi connectivity index (χ1n) is 6.38. The fourth-order valence-corrected chi connectivity index (χ4v) is 2.32. The van der Waals surface area contributed by atoms with Gasteiger partial charge in [0.1, 0.15) is 5.75 Å². The highest BCUT2D eigenvalue weighted by atomic mass is 16.5. The minimum Gasteiger partial charge on any atom is -0.497 e. The average Bonchev–Trinajstić information content (AvgIpc) is 2.81. The number of nitrogens with zero attached hydrogens (tertiary/aromatic N) is 1. The van der Waals surface area contributed by atoms with Crippen LogP contribution in [0.2, 0.25) is 0 Å². The molecule has 0 fully saturated rings. The number of carbonyl (C=O) groups is 1. The number of hydrogen-bond donors (Lipinski definition) is 1. The molecule has 0 bridgehead atoms. The molecule has 4 nitrogen and oxygen atoms in total. The van der Waals surface area contributed by atoms with Crippen LogP contribution in [-0.2, 0) is 11.2 Å². The van der Waals surface area contributed by atoms with Gasteiger partial charge in [-0.15, -0.1) is 0 Å².